The summed E-state index contributed by atoms with van der Waals surface area (Å²) in [6, 6.07) is 6.89. The van der Waals surface area contributed by atoms with E-state index in [0.717, 1.165) is 31.2 Å². The number of benzene rings is 1. The number of aliphatic hydroxyl groups is 1. The number of hydrogen-bond acceptors (Lipinski definition) is 4. The second-order valence-electron chi connectivity index (χ2n) is 6.53. The van der Waals surface area contributed by atoms with Crippen molar-refractivity contribution in [1.82, 2.24) is 0 Å². The van der Waals surface area contributed by atoms with E-state index in [-0.39, 0.29) is 24.3 Å². The molecule has 2 rings (SSSR count). The minimum Gasteiger partial charge on any atom is -0.461 e. The molecule has 1 aliphatic rings. The summed E-state index contributed by atoms with van der Waals surface area (Å²) in [5.74, 6) is -0.457. The molecule has 0 aromatic heterocycles. The Morgan fingerprint density at radius 3 is 2.55 bits per heavy atom. The van der Waals surface area contributed by atoms with Crippen LogP contribution in [0.4, 0.5) is 0 Å². The van der Waals surface area contributed by atoms with E-state index in [1.54, 1.807) is 18.2 Å². The van der Waals surface area contributed by atoms with Gasteiger partial charge in [-0.1, -0.05) is 37.5 Å². The van der Waals surface area contributed by atoms with Crippen LogP contribution in [0.3, 0.4) is 0 Å². The molecular formula is C18H24O4. The normalized spacial score (nSPS) is 16.3. The highest BCUT2D eigenvalue weighted by Crippen LogP contribution is 2.25. The summed E-state index contributed by atoms with van der Waals surface area (Å²) >= 11 is 0. The van der Waals surface area contributed by atoms with Crippen LogP contribution in [0.25, 0.3) is 0 Å². The van der Waals surface area contributed by atoms with Crippen LogP contribution in [0.5, 0.6) is 0 Å². The number of esters is 1. The van der Waals surface area contributed by atoms with Gasteiger partial charge in [0.2, 0.25) is 0 Å². The second-order valence-corrected chi connectivity index (χ2v) is 6.53. The van der Waals surface area contributed by atoms with Crippen molar-refractivity contribution in [1.29, 1.82) is 0 Å². The van der Waals surface area contributed by atoms with Gasteiger partial charge in [-0.3, -0.25) is 9.59 Å². The molecule has 1 aromatic rings. The quantitative estimate of drug-likeness (QED) is 0.670. The first-order chi connectivity index (χ1) is 10.4. The maximum atomic E-state index is 12.0. The summed E-state index contributed by atoms with van der Waals surface area (Å²) in [7, 11) is 0. The lowest BCUT2D eigenvalue weighted by Gasteiger charge is -2.20. The van der Waals surface area contributed by atoms with E-state index in [0.29, 0.717) is 5.56 Å². The fraction of sp³-hybridized carbons (Fsp3) is 0.556. The first-order valence-electron chi connectivity index (χ1n) is 7.90. The van der Waals surface area contributed by atoms with Gasteiger partial charge in [0.05, 0.1) is 5.92 Å². The minimum absolute atomic E-state index is 0.0231. The number of rotatable bonds is 5. The number of carbonyl (C=O) groups is 2. The number of hydrogen-bond donors (Lipinski definition) is 1. The molecule has 0 saturated heterocycles. The van der Waals surface area contributed by atoms with Crippen molar-refractivity contribution < 1.29 is 19.4 Å². The lowest BCUT2D eigenvalue weighted by Crippen LogP contribution is -2.31. The van der Waals surface area contributed by atoms with Gasteiger partial charge in [0.1, 0.15) is 12.2 Å². The summed E-state index contributed by atoms with van der Waals surface area (Å²) < 4.78 is 5.38. The summed E-state index contributed by atoms with van der Waals surface area (Å²) in [6.45, 7) is 3.10. The van der Waals surface area contributed by atoms with Gasteiger partial charge in [-0.05, 0) is 38.3 Å². The summed E-state index contributed by atoms with van der Waals surface area (Å²) in [6.07, 6.45) is 5.21. The van der Waals surface area contributed by atoms with E-state index in [1.165, 1.54) is 20.3 Å². The van der Waals surface area contributed by atoms with E-state index >= 15 is 0 Å². The molecule has 1 N–H and O–H groups in total. The second kappa shape index (κ2) is 7.05. The molecule has 1 aliphatic carbocycles. The first-order valence-corrected chi connectivity index (χ1v) is 7.90. The molecule has 0 aliphatic heterocycles. The van der Waals surface area contributed by atoms with Gasteiger partial charge in [-0.25, -0.2) is 0 Å². The van der Waals surface area contributed by atoms with Crippen LogP contribution in [0.2, 0.25) is 0 Å². The van der Waals surface area contributed by atoms with Gasteiger partial charge < -0.3 is 9.84 Å². The SMILES string of the molecule is CC(C)(O)C(=O)c1cccc(COC(=O)C2CCCCC2)c1. The van der Waals surface area contributed by atoms with Crippen molar-refractivity contribution in [3.8, 4) is 0 Å². The van der Waals surface area contributed by atoms with Crippen LogP contribution >= 0.6 is 0 Å². The molecule has 0 bridgehead atoms. The molecule has 1 saturated carbocycles. The van der Waals surface area contributed by atoms with Crippen LogP contribution in [-0.4, -0.2) is 22.5 Å². The highest BCUT2D eigenvalue weighted by molar-refractivity contribution is 6.01. The van der Waals surface area contributed by atoms with Crippen LogP contribution < -0.4 is 0 Å². The van der Waals surface area contributed by atoms with Gasteiger partial charge in [-0.2, -0.15) is 0 Å². The fourth-order valence-corrected chi connectivity index (χ4v) is 2.77. The lowest BCUT2D eigenvalue weighted by atomic mass is 9.89. The monoisotopic (exact) mass is 304 g/mol. The predicted molar refractivity (Wildman–Crippen MR) is 83.4 cm³/mol. The molecule has 1 aromatic carbocycles. The van der Waals surface area contributed by atoms with Gasteiger partial charge in [0.15, 0.2) is 5.78 Å². The zero-order chi connectivity index (χ0) is 16.2. The van der Waals surface area contributed by atoms with Crippen LogP contribution in [0, 0.1) is 5.92 Å². The molecule has 120 valence electrons. The standard InChI is InChI=1S/C18H24O4/c1-18(2,21)16(19)15-10-6-7-13(11-15)12-22-17(20)14-8-4-3-5-9-14/h6-7,10-11,14,21H,3-5,8-9,12H2,1-2H3. The van der Waals surface area contributed by atoms with Crippen molar-refractivity contribution in [3.63, 3.8) is 0 Å². The van der Waals surface area contributed by atoms with Crippen molar-refractivity contribution in [2.45, 2.75) is 58.2 Å². The summed E-state index contributed by atoms with van der Waals surface area (Å²) in [5.41, 5.74) is -0.213. The van der Waals surface area contributed by atoms with Crippen molar-refractivity contribution in [2.24, 2.45) is 5.92 Å². The topological polar surface area (TPSA) is 63.6 Å². The zero-order valence-electron chi connectivity index (χ0n) is 13.3. The average molecular weight is 304 g/mol. The summed E-state index contributed by atoms with van der Waals surface area (Å²) in [4.78, 5) is 24.1. The molecule has 0 amide bonds. The lowest BCUT2D eigenvalue weighted by molar-refractivity contribution is -0.151. The number of ketones is 1. The number of ether oxygens (including phenoxy) is 1. The third-order valence-corrected chi connectivity index (χ3v) is 4.06. The highest BCUT2D eigenvalue weighted by Gasteiger charge is 2.25. The molecule has 4 heteroatoms. The maximum absolute atomic E-state index is 12.0. The Bertz CT molecular complexity index is 536. The molecule has 4 nitrogen and oxygen atoms in total. The van der Waals surface area contributed by atoms with Crippen molar-refractivity contribution in [3.05, 3.63) is 35.4 Å². The molecule has 0 atom stereocenters. The Morgan fingerprint density at radius 1 is 1.23 bits per heavy atom. The van der Waals surface area contributed by atoms with Crippen LogP contribution in [0.15, 0.2) is 24.3 Å². The van der Waals surface area contributed by atoms with Crippen molar-refractivity contribution >= 4 is 11.8 Å². The highest BCUT2D eigenvalue weighted by atomic mass is 16.5. The van der Waals surface area contributed by atoms with Crippen molar-refractivity contribution in [2.75, 3.05) is 0 Å². The Hall–Kier alpha value is -1.68. The van der Waals surface area contributed by atoms with Gasteiger partial charge in [0, 0.05) is 5.56 Å². The van der Waals surface area contributed by atoms with Gasteiger partial charge >= 0.3 is 5.97 Å². The van der Waals surface area contributed by atoms with E-state index in [4.69, 9.17) is 4.74 Å². The fourth-order valence-electron chi connectivity index (χ4n) is 2.77. The Kier molecular flexibility index (Phi) is 5.35. The third-order valence-electron chi connectivity index (χ3n) is 4.06. The molecule has 1 fully saturated rings. The van der Waals surface area contributed by atoms with Gasteiger partial charge in [0.25, 0.3) is 0 Å². The average Bonchev–Trinajstić information content (AvgIpc) is 2.52. The number of carbonyl (C=O) groups excluding carboxylic acids is 2. The Morgan fingerprint density at radius 2 is 1.91 bits per heavy atom. The minimum atomic E-state index is -1.41. The molecular weight excluding hydrogens is 280 g/mol. The zero-order valence-corrected chi connectivity index (χ0v) is 13.3. The number of Topliss-reactive ketones (excluding diaryl/α,β-unsaturated/α-hetero) is 1. The molecule has 0 radical (unpaired) electrons. The Labute approximate surface area is 131 Å². The largest absolute Gasteiger partial charge is 0.461 e. The summed E-state index contributed by atoms with van der Waals surface area (Å²) in [5, 5.41) is 9.78. The third kappa shape index (κ3) is 4.41. The molecule has 22 heavy (non-hydrogen) atoms. The van der Waals surface area contributed by atoms with E-state index in [2.05, 4.69) is 0 Å². The van der Waals surface area contributed by atoms with E-state index in [1.807, 2.05) is 6.07 Å². The molecule has 0 spiro atoms. The Balaban J connectivity index is 1.96. The van der Waals surface area contributed by atoms with E-state index < -0.39 is 5.60 Å². The maximum Gasteiger partial charge on any atom is 0.309 e. The van der Waals surface area contributed by atoms with E-state index in [9.17, 15) is 14.7 Å². The first kappa shape index (κ1) is 16.7. The molecule has 0 heterocycles. The smallest absolute Gasteiger partial charge is 0.309 e. The molecule has 0 unspecified atom stereocenters. The van der Waals surface area contributed by atoms with Crippen LogP contribution in [0.1, 0.15) is 61.9 Å². The van der Waals surface area contributed by atoms with Crippen LogP contribution in [-0.2, 0) is 16.1 Å². The van der Waals surface area contributed by atoms with Gasteiger partial charge in [-0.15, -0.1) is 0 Å². The predicted octanol–water partition coefficient (Wildman–Crippen LogP) is 3.26.